The van der Waals surface area contributed by atoms with Crippen LogP contribution >= 0.6 is 11.8 Å². The van der Waals surface area contributed by atoms with Gasteiger partial charge in [0.2, 0.25) is 0 Å². The Kier molecular flexibility index (Phi) is 6.60. The number of halogens is 1. The molecule has 0 radical (unpaired) electrons. The van der Waals surface area contributed by atoms with Crippen LogP contribution in [0.4, 0.5) is 0 Å². The highest BCUT2D eigenvalue weighted by Crippen LogP contribution is 2.31. The van der Waals surface area contributed by atoms with E-state index in [2.05, 4.69) is 6.92 Å². The number of carboxylic acid groups (broad SMARTS) is 1. The number of benzene rings is 2. The average molecular weight is 401 g/mol. The summed E-state index contributed by atoms with van der Waals surface area (Å²) >= 11 is 6.53. The van der Waals surface area contributed by atoms with Crippen LogP contribution in [0, 0.1) is 0 Å². The lowest BCUT2D eigenvalue weighted by atomic mass is 9.96. The molecule has 3 rings (SSSR count). The summed E-state index contributed by atoms with van der Waals surface area (Å²) in [4.78, 5) is 13.6. The minimum atomic E-state index is -0.957. The number of hydrogen-bond donors (Lipinski definition) is 2. The van der Waals surface area contributed by atoms with Crippen LogP contribution in [0.2, 0.25) is 0 Å². The van der Waals surface area contributed by atoms with Crippen molar-refractivity contribution in [3.8, 4) is 11.1 Å². The van der Waals surface area contributed by atoms with Crippen LogP contribution in [0.3, 0.4) is 0 Å². The van der Waals surface area contributed by atoms with E-state index in [9.17, 15) is 15.0 Å². The molecule has 1 heterocycles. The number of aliphatic hydroxyl groups is 1. The molecule has 0 fully saturated rings. The van der Waals surface area contributed by atoms with E-state index in [4.69, 9.17) is 11.8 Å². The number of carboxylic acids is 1. The molecule has 0 aliphatic carbocycles. The molecular weight excluding hydrogens is 376 g/mol. The molecule has 6 heteroatoms. The number of nitrogens with zero attached hydrogens (tertiary/aromatic N) is 2. The van der Waals surface area contributed by atoms with E-state index in [1.165, 1.54) is 0 Å². The van der Waals surface area contributed by atoms with Gasteiger partial charge in [0.05, 0.1) is 11.3 Å². The first kappa shape index (κ1) is 20.2. The Hall–Kier alpha value is -2.50. The second-order valence-electron chi connectivity index (χ2n) is 6.94. The highest BCUT2D eigenvalue weighted by atomic mass is 35.5. The number of unbranched alkanes of at least 4 members (excludes halogenated alkanes) is 1. The third kappa shape index (κ3) is 4.32. The highest BCUT2D eigenvalue weighted by molar-refractivity contribution is 6.14. The molecule has 2 aromatic carbocycles. The summed E-state index contributed by atoms with van der Waals surface area (Å²) in [7, 11) is 0. The molecule has 0 saturated carbocycles. The zero-order valence-electron chi connectivity index (χ0n) is 15.9. The zero-order valence-corrected chi connectivity index (χ0v) is 16.6. The quantitative estimate of drug-likeness (QED) is 0.630. The molecule has 2 aromatic rings. The van der Waals surface area contributed by atoms with Crippen molar-refractivity contribution in [2.45, 2.75) is 38.8 Å². The van der Waals surface area contributed by atoms with Gasteiger partial charge in [0.1, 0.15) is 12.9 Å². The largest absolute Gasteiger partial charge is 0.478 e. The Morgan fingerprint density at radius 3 is 2.57 bits per heavy atom. The van der Waals surface area contributed by atoms with Gasteiger partial charge in [-0.05, 0) is 35.6 Å². The van der Waals surface area contributed by atoms with Crippen LogP contribution in [0.15, 0.2) is 60.4 Å². The smallest absolute Gasteiger partial charge is 0.336 e. The van der Waals surface area contributed by atoms with Gasteiger partial charge in [-0.15, -0.1) is 0 Å². The van der Waals surface area contributed by atoms with Gasteiger partial charge in [-0.25, -0.2) is 4.79 Å². The molecule has 0 saturated heterocycles. The summed E-state index contributed by atoms with van der Waals surface area (Å²) in [6, 6.07) is 15.0. The highest BCUT2D eigenvalue weighted by Gasteiger charge is 2.30. The molecule has 5 nitrogen and oxygen atoms in total. The van der Waals surface area contributed by atoms with Gasteiger partial charge in [-0.1, -0.05) is 55.8 Å². The number of allylic oxidation sites excluding steroid dienone is 1. The number of hydrogen-bond acceptors (Lipinski definition) is 4. The monoisotopic (exact) mass is 400 g/mol. The zero-order chi connectivity index (χ0) is 20.1. The van der Waals surface area contributed by atoms with Crippen LogP contribution in [0.25, 0.3) is 11.1 Å². The Morgan fingerprint density at radius 2 is 1.93 bits per heavy atom. The predicted molar refractivity (Wildman–Crippen MR) is 111 cm³/mol. The standard InChI is InChI=1S/C22H25ClN2O3/c1-2-3-9-21-24(15-26)14-18(25(21)23)12-16-10-11-19(20(13-16)22(27)28)17-7-5-4-6-8-17/h4-8,10-11,13-14,21,26H,2-3,9,12,15H2,1H3,(H,27,28). The van der Waals surface area contributed by atoms with Crippen molar-refractivity contribution in [2.75, 3.05) is 6.73 Å². The van der Waals surface area contributed by atoms with Crippen LogP contribution in [-0.2, 0) is 6.42 Å². The van der Waals surface area contributed by atoms with E-state index in [1.807, 2.05) is 53.6 Å². The van der Waals surface area contributed by atoms with E-state index in [1.54, 1.807) is 10.5 Å². The van der Waals surface area contributed by atoms with E-state index >= 15 is 0 Å². The molecule has 1 aliphatic heterocycles. The van der Waals surface area contributed by atoms with Gasteiger partial charge in [0, 0.05) is 24.4 Å². The molecule has 2 N–H and O–H groups in total. The Labute approximate surface area is 170 Å². The number of aromatic carboxylic acids is 1. The maximum Gasteiger partial charge on any atom is 0.336 e. The molecule has 0 bridgehead atoms. The normalized spacial score (nSPS) is 16.4. The summed E-state index contributed by atoms with van der Waals surface area (Å²) in [6.07, 6.45) is 5.20. The van der Waals surface area contributed by atoms with Crippen LogP contribution in [0.5, 0.6) is 0 Å². The molecule has 1 atom stereocenters. The van der Waals surface area contributed by atoms with Gasteiger partial charge >= 0.3 is 5.97 Å². The summed E-state index contributed by atoms with van der Waals surface area (Å²) in [5.74, 6) is -0.957. The minimum Gasteiger partial charge on any atom is -0.478 e. The maximum absolute atomic E-state index is 11.8. The van der Waals surface area contributed by atoms with Gasteiger partial charge in [-0.2, -0.15) is 0 Å². The molecule has 148 valence electrons. The van der Waals surface area contributed by atoms with E-state index in [-0.39, 0.29) is 18.5 Å². The van der Waals surface area contributed by atoms with Crippen molar-refractivity contribution < 1.29 is 15.0 Å². The second-order valence-corrected chi connectivity index (χ2v) is 7.30. The fourth-order valence-corrected chi connectivity index (χ4v) is 3.85. The first-order valence-corrected chi connectivity index (χ1v) is 9.83. The van der Waals surface area contributed by atoms with Gasteiger partial charge < -0.3 is 15.1 Å². The van der Waals surface area contributed by atoms with Crippen LogP contribution in [0.1, 0.15) is 42.1 Å². The van der Waals surface area contributed by atoms with Crippen molar-refractivity contribution in [3.05, 3.63) is 71.6 Å². The second kappa shape index (κ2) is 9.13. The number of rotatable bonds is 8. The lowest BCUT2D eigenvalue weighted by Crippen LogP contribution is -2.35. The Morgan fingerprint density at radius 1 is 1.18 bits per heavy atom. The van der Waals surface area contributed by atoms with E-state index < -0.39 is 5.97 Å². The predicted octanol–water partition coefficient (Wildman–Crippen LogP) is 4.67. The van der Waals surface area contributed by atoms with Gasteiger partial charge in [-0.3, -0.25) is 4.42 Å². The molecule has 0 aromatic heterocycles. The molecule has 0 amide bonds. The summed E-state index contributed by atoms with van der Waals surface area (Å²) in [6.45, 7) is 2.02. The third-order valence-electron chi connectivity index (χ3n) is 5.00. The third-order valence-corrected chi connectivity index (χ3v) is 5.44. The van der Waals surface area contributed by atoms with Crippen molar-refractivity contribution in [2.24, 2.45) is 0 Å². The average Bonchev–Trinajstić information content (AvgIpc) is 3.01. The fraction of sp³-hybridized carbons (Fsp3) is 0.318. The first-order chi connectivity index (χ1) is 13.5. The van der Waals surface area contributed by atoms with Gasteiger partial charge in [0.15, 0.2) is 0 Å². The maximum atomic E-state index is 11.8. The number of aliphatic hydroxyl groups excluding tert-OH is 1. The van der Waals surface area contributed by atoms with Crippen molar-refractivity contribution in [3.63, 3.8) is 0 Å². The fourth-order valence-electron chi connectivity index (χ4n) is 3.53. The summed E-state index contributed by atoms with van der Waals surface area (Å²) in [5.41, 5.74) is 3.54. The van der Waals surface area contributed by atoms with Crippen LogP contribution in [-0.4, -0.2) is 38.4 Å². The van der Waals surface area contributed by atoms with E-state index in [0.29, 0.717) is 12.0 Å². The Balaban J connectivity index is 1.85. The number of carbonyl (C=O) groups is 1. The Bertz CT molecular complexity index is 854. The SMILES string of the molecule is CCCCC1N(CO)C=C(Cc2ccc(-c3ccccc3)c(C(=O)O)c2)N1Cl. The lowest BCUT2D eigenvalue weighted by molar-refractivity contribution is 0.0697. The van der Waals surface area contributed by atoms with Crippen molar-refractivity contribution in [1.29, 1.82) is 0 Å². The van der Waals surface area contributed by atoms with E-state index in [0.717, 1.165) is 36.1 Å². The summed E-state index contributed by atoms with van der Waals surface area (Å²) < 4.78 is 1.66. The molecule has 1 unspecified atom stereocenters. The van der Waals surface area contributed by atoms with Crippen LogP contribution < -0.4 is 0 Å². The first-order valence-electron chi connectivity index (χ1n) is 9.49. The topological polar surface area (TPSA) is 64.0 Å². The van der Waals surface area contributed by atoms with Crippen molar-refractivity contribution >= 4 is 17.7 Å². The molecular formula is C22H25ClN2O3. The van der Waals surface area contributed by atoms with Gasteiger partial charge in [0.25, 0.3) is 0 Å². The lowest BCUT2D eigenvalue weighted by Gasteiger charge is -2.28. The minimum absolute atomic E-state index is 0.0795. The molecule has 28 heavy (non-hydrogen) atoms. The molecule has 0 spiro atoms. The summed E-state index contributed by atoms with van der Waals surface area (Å²) in [5, 5.41) is 19.3. The van der Waals surface area contributed by atoms with Crippen molar-refractivity contribution in [1.82, 2.24) is 9.32 Å². The molecule has 1 aliphatic rings.